The Labute approximate surface area is 153 Å². The molecule has 0 saturated carbocycles. The monoisotopic (exact) mass is 375 g/mol. The number of hydrogen-bond acceptors (Lipinski definition) is 6. The Morgan fingerprint density at radius 1 is 1.36 bits per heavy atom. The SMILES string of the molecule is CCC1(CC)CN(c2nn3cc(-c4cccnc4)nc3s2)CCS1=O. The molecule has 0 amide bonds. The van der Waals surface area contributed by atoms with Gasteiger partial charge in [0.05, 0.1) is 16.6 Å². The van der Waals surface area contributed by atoms with Gasteiger partial charge in [0.25, 0.3) is 0 Å². The molecule has 1 atom stereocenters. The lowest BCUT2D eigenvalue weighted by molar-refractivity contribution is 0.495. The van der Waals surface area contributed by atoms with Gasteiger partial charge in [-0.25, -0.2) is 9.50 Å². The molecule has 8 heteroatoms. The van der Waals surface area contributed by atoms with E-state index in [0.717, 1.165) is 47.3 Å². The van der Waals surface area contributed by atoms with Crippen molar-refractivity contribution in [3.05, 3.63) is 30.7 Å². The zero-order valence-electron chi connectivity index (χ0n) is 14.4. The standard InChI is InChI=1S/C17H21N5OS2/c1-3-17(4-2)12-21(8-9-25(17)23)16-20-22-11-14(19-15(22)24-16)13-6-5-7-18-10-13/h5-7,10-11H,3-4,8-9,12H2,1-2H3. The molecule has 0 bridgehead atoms. The van der Waals surface area contributed by atoms with Gasteiger partial charge in [-0.05, 0) is 25.0 Å². The van der Waals surface area contributed by atoms with E-state index in [0.29, 0.717) is 5.75 Å². The topological polar surface area (TPSA) is 63.4 Å². The second kappa shape index (κ2) is 6.49. The molecule has 3 aromatic rings. The zero-order chi connectivity index (χ0) is 17.4. The van der Waals surface area contributed by atoms with Gasteiger partial charge >= 0.3 is 0 Å². The first-order valence-electron chi connectivity index (χ1n) is 8.55. The Morgan fingerprint density at radius 3 is 2.88 bits per heavy atom. The number of hydrogen-bond donors (Lipinski definition) is 0. The fourth-order valence-corrected chi connectivity index (χ4v) is 6.01. The number of imidazole rings is 1. The van der Waals surface area contributed by atoms with Gasteiger partial charge in [-0.2, -0.15) is 0 Å². The predicted molar refractivity (Wildman–Crippen MR) is 103 cm³/mol. The first-order chi connectivity index (χ1) is 12.1. The van der Waals surface area contributed by atoms with Gasteiger partial charge in [0.2, 0.25) is 10.1 Å². The van der Waals surface area contributed by atoms with Gasteiger partial charge in [0, 0.05) is 47.6 Å². The lowest BCUT2D eigenvalue weighted by Crippen LogP contribution is -2.53. The molecule has 4 heterocycles. The fraction of sp³-hybridized carbons (Fsp3) is 0.471. The van der Waals surface area contributed by atoms with Crippen LogP contribution >= 0.6 is 11.3 Å². The average molecular weight is 376 g/mol. The van der Waals surface area contributed by atoms with Crippen LogP contribution in [0.1, 0.15) is 26.7 Å². The summed E-state index contributed by atoms with van der Waals surface area (Å²) in [4.78, 5) is 12.0. The Bertz CT molecular complexity index is 869. The second-order valence-corrected chi connectivity index (χ2v) is 9.24. The van der Waals surface area contributed by atoms with E-state index in [1.54, 1.807) is 17.5 Å². The lowest BCUT2D eigenvalue weighted by Gasteiger charge is -2.40. The van der Waals surface area contributed by atoms with E-state index in [4.69, 9.17) is 5.10 Å². The summed E-state index contributed by atoms with van der Waals surface area (Å²) in [5, 5.41) is 5.68. The van der Waals surface area contributed by atoms with Crippen molar-refractivity contribution in [2.24, 2.45) is 0 Å². The average Bonchev–Trinajstić information content (AvgIpc) is 3.22. The number of nitrogens with zero attached hydrogens (tertiary/aromatic N) is 5. The van der Waals surface area contributed by atoms with Crippen molar-refractivity contribution in [2.75, 3.05) is 23.7 Å². The second-order valence-electron chi connectivity index (χ2n) is 6.34. The third-order valence-corrected chi connectivity index (χ3v) is 8.27. The van der Waals surface area contributed by atoms with E-state index in [1.165, 1.54) is 0 Å². The van der Waals surface area contributed by atoms with Crippen molar-refractivity contribution in [3.8, 4) is 11.3 Å². The molecule has 1 aliphatic rings. The number of fused-ring (bicyclic) bond motifs is 1. The summed E-state index contributed by atoms with van der Waals surface area (Å²) in [5.74, 6) is 0.713. The highest BCUT2D eigenvalue weighted by molar-refractivity contribution is 7.86. The van der Waals surface area contributed by atoms with E-state index in [-0.39, 0.29) is 4.75 Å². The van der Waals surface area contributed by atoms with E-state index < -0.39 is 10.8 Å². The highest BCUT2D eigenvalue weighted by Crippen LogP contribution is 2.33. The summed E-state index contributed by atoms with van der Waals surface area (Å²) < 4.78 is 14.2. The Hall–Kier alpha value is -1.80. The van der Waals surface area contributed by atoms with E-state index >= 15 is 0 Å². The number of pyridine rings is 1. The van der Waals surface area contributed by atoms with Crippen LogP contribution in [0.3, 0.4) is 0 Å². The van der Waals surface area contributed by atoms with Crippen LogP contribution < -0.4 is 4.90 Å². The van der Waals surface area contributed by atoms with Crippen LogP contribution in [-0.4, -0.2) is 47.4 Å². The Kier molecular flexibility index (Phi) is 4.33. The van der Waals surface area contributed by atoms with E-state index in [2.05, 4.69) is 28.7 Å². The molecule has 6 nitrogen and oxygen atoms in total. The van der Waals surface area contributed by atoms with Crippen molar-refractivity contribution < 1.29 is 4.21 Å². The normalized spacial score (nSPS) is 20.2. The highest BCUT2D eigenvalue weighted by Gasteiger charge is 2.39. The zero-order valence-corrected chi connectivity index (χ0v) is 16.0. The van der Waals surface area contributed by atoms with Crippen LogP contribution in [0.4, 0.5) is 5.13 Å². The van der Waals surface area contributed by atoms with Crippen LogP contribution in [0.15, 0.2) is 30.7 Å². The molecule has 0 N–H and O–H groups in total. The maximum Gasteiger partial charge on any atom is 0.214 e. The molecule has 0 spiro atoms. The van der Waals surface area contributed by atoms with Gasteiger partial charge in [-0.15, -0.1) is 5.10 Å². The summed E-state index contributed by atoms with van der Waals surface area (Å²) in [6, 6.07) is 3.90. The molecular formula is C17H21N5OS2. The minimum Gasteiger partial charge on any atom is -0.344 e. The van der Waals surface area contributed by atoms with Crippen molar-refractivity contribution in [1.82, 2.24) is 19.6 Å². The molecule has 132 valence electrons. The van der Waals surface area contributed by atoms with Crippen LogP contribution in [0.25, 0.3) is 16.2 Å². The van der Waals surface area contributed by atoms with Crippen LogP contribution in [0, 0.1) is 0 Å². The van der Waals surface area contributed by atoms with Crippen LogP contribution in [0.5, 0.6) is 0 Å². The molecule has 1 saturated heterocycles. The third-order valence-electron chi connectivity index (χ3n) is 5.06. The van der Waals surface area contributed by atoms with Gasteiger partial charge in [0.1, 0.15) is 0 Å². The first kappa shape index (κ1) is 16.7. The molecule has 1 aliphatic heterocycles. The molecule has 0 radical (unpaired) electrons. The van der Waals surface area contributed by atoms with Crippen molar-refractivity contribution in [2.45, 2.75) is 31.4 Å². The Balaban J connectivity index is 1.62. The number of rotatable bonds is 4. The molecule has 25 heavy (non-hydrogen) atoms. The van der Waals surface area contributed by atoms with Crippen LogP contribution in [-0.2, 0) is 10.8 Å². The summed E-state index contributed by atoms with van der Waals surface area (Å²) in [5.41, 5.74) is 1.88. The van der Waals surface area contributed by atoms with E-state index in [9.17, 15) is 4.21 Å². The molecule has 4 rings (SSSR count). The first-order valence-corrected chi connectivity index (χ1v) is 10.7. The summed E-state index contributed by atoms with van der Waals surface area (Å²) in [6.45, 7) is 5.87. The minimum absolute atomic E-state index is 0.118. The molecular weight excluding hydrogens is 354 g/mol. The summed E-state index contributed by atoms with van der Waals surface area (Å²) in [6.07, 6.45) is 7.37. The largest absolute Gasteiger partial charge is 0.344 e. The van der Waals surface area contributed by atoms with E-state index in [1.807, 2.05) is 29.0 Å². The summed E-state index contributed by atoms with van der Waals surface area (Å²) >= 11 is 1.59. The molecule has 0 aliphatic carbocycles. The van der Waals surface area contributed by atoms with Gasteiger partial charge < -0.3 is 4.90 Å². The third kappa shape index (κ3) is 2.87. The maximum absolute atomic E-state index is 12.5. The van der Waals surface area contributed by atoms with Crippen LogP contribution in [0.2, 0.25) is 0 Å². The van der Waals surface area contributed by atoms with Gasteiger partial charge in [-0.3, -0.25) is 9.19 Å². The molecule has 3 aromatic heterocycles. The summed E-state index contributed by atoms with van der Waals surface area (Å²) in [7, 11) is -0.762. The molecule has 0 aromatic carbocycles. The Morgan fingerprint density at radius 2 is 2.20 bits per heavy atom. The molecule has 1 fully saturated rings. The number of aromatic nitrogens is 4. The van der Waals surface area contributed by atoms with Gasteiger partial charge in [-0.1, -0.05) is 25.2 Å². The van der Waals surface area contributed by atoms with Crippen molar-refractivity contribution >= 4 is 32.2 Å². The number of anilines is 1. The molecule has 1 unspecified atom stereocenters. The lowest BCUT2D eigenvalue weighted by atomic mass is 10.0. The predicted octanol–water partition coefficient (Wildman–Crippen LogP) is 2.98. The highest BCUT2D eigenvalue weighted by atomic mass is 32.2. The van der Waals surface area contributed by atoms with Crippen molar-refractivity contribution in [1.29, 1.82) is 0 Å². The maximum atomic E-state index is 12.5. The van der Waals surface area contributed by atoms with Crippen molar-refractivity contribution in [3.63, 3.8) is 0 Å². The fourth-order valence-electron chi connectivity index (χ4n) is 3.34. The smallest absolute Gasteiger partial charge is 0.214 e. The van der Waals surface area contributed by atoms with Gasteiger partial charge in [0.15, 0.2) is 0 Å². The minimum atomic E-state index is -0.762. The quantitative estimate of drug-likeness (QED) is 0.701.